The van der Waals surface area contributed by atoms with E-state index in [1.165, 1.54) is 11.8 Å². The molecular formula is C18H21NO3S2. The minimum atomic E-state index is -3.63. The fourth-order valence-electron chi connectivity index (χ4n) is 2.73. The van der Waals surface area contributed by atoms with Crippen molar-refractivity contribution in [3.63, 3.8) is 0 Å². The Hall–Kier alpha value is -1.66. The molecule has 0 aliphatic carbocycles. The first-order valence-corrected chi connectivity index (χ1v) is 10.5. The van der Waals surface area contributed by atoms with Crippen LogP contribution in [0.15, 0.2) is 52.3 Å². The van der Waals surface area contributed by atoms with E-state index < -0.39 is 10.0 Å². The van der Waals surface area contributed by atoms with Gasteiger partial charge < -0.3 is 4.74 Å². The smallest absolute Gasteiger partial charge is 0.261 e. The van der Waals surface area contributed by atoms with Gasteiger partial charge in [-0.1, -0.05) is 12.1 Å². The Kier molecular flexibility index (Phi) is 4.53. The van der Waals surface area contributed by atoms with Crippen LogP contribution in [0.5, 0.6) is 5.75 Å². The van der Waals surface area contributed by atoms with E-state index in [0.717, 1.165) is 29.1 Å². The number of nitrogens with one attached hydrogen (secondary N) is 1. The SMILES string of the molecule is CSc1ccccc1NS(=O)(=O)c1ccc2c(c1)CCC(C)(C)O2. The lowest BCUT2D eigenvalue weighted by Gasteiger charge is -2.32. The average molecular weight is 364 g/mol. The van der Waals surface area contributed by atoms with Gasteiger partial charge in [0.1, 0.15) is 11.4 Å². The van der Waals surface area contributed by atoms with Crippen LogP contribution in [0, 0.1) is 0 Å². The summed E-state index contributed by atoms with van der Waals surface area (Å²) >= 11 is 1.51. The van der Waals surface area contributed by atoms with Crippen LogP contribution in [0.3, 0.4) is 0 Å². The highest BCUT2D eigenvalue weighted by molar-refractivity contribution is 7.99. The quantitative estimate of drug-likeness (QED) is 0.822. The summed E-state index contributed by atoms with van der Waals surface area (Å²) in [6, 6.07) is 12.4. The predicted molar refractivity (Wildman–Crippen MR) is 98.5 cm³/mol. The molecule has 0 bridgehead atoms. The van der Waals surface area contributed by atoms with E-state index in [-0.39, 0.29) is 10.5 Å². The third-order valence-electron chi connectivity index (χ3n) is 4.08. The van der Waals surface area contributed by atoms with Crippen molar-refractivity contribution in [1.29, 1.82) is 0 Å². The fraction of sp³-hybridized carbons (Fsp3) is 0.333. The number of sulfonamides is 1. The van der Waals surface area contributed by atoms with Crippen molar-refractivity contribution in [3.8, 4) is 5.75 Å². The van der Waals surface area contributed by atoms with Crippen LogP contribution in [0.4, 0.5) is 5.69 Å². The number of hydrogen-bond acceptors (Lipinski definition) is 4. The highest BCUT2D eigenvalue weighted by atomic mass is 32.2. The number of para-hydroxylation sites is 1. The lowest BCUT2D eigenvalue weighted by molar-refractivity contribution is 0.0845. The Morgan fingerprint density at radius 3 is 2.67 bits per heavy atom. The van der Waals surface area contributed by atoms with Crippen LogP contribution in [0.1, 0.15) is 25.8 Å². The predicted octanol–water partition coefficient (Wildman–Crippen LogP) is 4.31. The topological polar surface area (TPSA) is 55.4 Å². The zero-order valence-electron chi connectivity index (χ0n) is 14.0. The molecule has 0 spiro atoms. The second kappa shape index (κ2) is 6.33. The normalized spacial score (nSPS) is 16.1. The van der Waals surface area contributed by atoms with Gasteiger partial charge in [-0.25, -0.2) is 8.42 Å². The van der Waals surface area contributed by atoms with Gasteiger partial charge in [-0.2, -0.15) is 0 Å². The Morgan fingerprint density at radius 2 is 1.92 bits per heavy atom. The molecule has 2 aromatic rings. The molecule has 1 heterocycles. The van der Waals surface area contributed by atoms with Crippen LogP contribution in [0.25, 0.3) is 0 Å². The van der Waals surface area contributed by atoms with Crippen LogP contribution in [0.2, 0.25) is 0 Å². The molecule has 0 unspecified atom stereocenters. The number of anilines is 1. The van der Waals surface area contributed by atoms with E-state index in [4.69, 9.17) is 4.74 Å². The van der Waals surface area contributed by atoms with Gasteiger partial charge in [0, 0.05) is 4.90 Å². The Bertz CT molecular complexity index is 860. The third kappa shape index (κ3) is 3.54. The van der Waals surface area contributed by atoms with Gasteiger partial charge in [0.05, 0.1) is 10.6 Å². The van der Waals surface area contributed by atoms with Gasteiger partial charge >= 0.3 is 0 Å². The van der Waals surface area contributed by atoms with Crippen molar-refractivity contribution in [2.24, 2.45) is 0 Å². The molecule has 24 heavy (non-hydrogen) atoms. The Balaban J connectivity index is 1.91. The third-order valence-corrected chi connectivity index (χ3v) is 6.24. The Labute approximate surface area is 147 Å². The zero-order valence-corrected chi connectivity index (χ0v) is 15.6. The van der Waals surface area contributed by atoms with Crippen molar-refractivity contribution in [2.75, 3.05) is 11.0 Å². The number of aryl methyl sites for hydroxylation is 1. The lowest BCUT2D eigenvalue weighted by Crippen LogP contribution is -2.32. The summed E-state index contributed by atoms with van der Waals surface area (Å²) in [5, 5.41) is 0. The lowest BCUT2D eigenvalue weighted by atomic mass is 9.94. The number of rotatable bonds is 4. The van der Waals surface area contributed by atoms with E-state index in [1.54, 1.807) is 24.3 Å². The first-order valence-electron chi connectivity index (χ1n) is 7.78. The first-order chi connectivity index (χ1) is 11.3. The van der Waals surface area contributed by atoms with Gasteiger partial charge in [-0.3, -0.25) is 4.72 Å². The summed E-state index contributed by atoms with van der Waals surface area (Å²) in [4.78, 5) is 1.16. The fourth-order valence-corrected chi connectivity index (χ4v) is 4.48. The number of ether oxygens (including phenoxy) is 1. The molecular weight excluding hydrogens is 342 g/mol. The largest absolute Gasteiger partial charge is 0.488 e. The van der Waals surface area contributed by atoms with Gasteiger partial charge in [0.15, 0.2) is 0 Å². The molecule has 0 saturated carbocycles. The summed E-state index contributed by atoms with van der Waals surface area (Å²) < 4.78 is 34.1. The van der Waals surface area contributed by atoms with Gasteiger partial charge in [-0.15, -0.1) is 11.8 Å². The molecule has 1 aliphatic rings. The van der Waals surface area contributed by atoms with Crippen LogP contribution in [-0.2, 0) is 16.4 Å². The van der Waals surface area contributed by atoms with E-state index in [2.05, 4.69) is 4.72 Å². The van der Waals surface area contributed by atoms with Crippen molar-refractivity contribution < 1.29 is 13.2 Å². The molecule has 0 atom stereocenters. The number of hydrogen-bond donors (Lipinski definition) is 1. The molecule has 0 radical (unpaired) electrons. The molecule has 1 N–H and O–H groups in total. The van der Waals surface area contributed by atoms with Crippen molar-refractivity contribution in [1.82, 2.24) is 0 Å². The monoisotopic (exact) mass is 363 g/mol. The van der Waals surface area contributed by atoms with Gasteiger partial charge in [0.2, 0.25) is 0 Å². The standard InChI is InChI=1S/C18H21NO3S2/c1-18(2)11-10-13-12-14(8-9-16(13)22-18)24(20,21)19-15-6-4-5-7-17(15)23-3/h4-9,12,19H,10-11H2,1-3H3. The molecule has 4 nitrogen and oxygen atoms in total. The second-order valence-electron chi connectivity index (χ2n) is 6.44. The van der Waals surface area contributed by atoms with Gasteiger partial charge in [-0.05, 0) is 68.8 Å². The average Bonchev–Trinajstić information content (AvgIpc) is 2.53. The molecule has 0 amide bonds. The molecule has 2 aromatic carbocycles. The summed E-state index contributed by atoms with van der Waals surface area (Å²) in [5.74, 6) is 0.773. The van der Waals surface area contributed by atoms with E-state index >= 15 is 0 Å². The summed E-state index contributed by atoms with van der Waals surface area (Å²) in [6.45, 7) is 4.09. The van der Waals surface area contributed by atoms with Gasteiger partial charge in [0.25, 0.3) is 10.0 Å². The highest BCUT2D eigenvalue weighted by Crippen LogP contribution is 2.35. The maximum absolute atomic E-state index is 12.7. The maximum Gasteiger partial charge on any atom is 0.261 e. The van der Waals surface area contributed by atoms with E-state index in [1.807, 2.05) is 38.3 Å². The van der Waals surface area contributed by atoms with Crippen LogP contribution >= 0.6 is 11.8 Å². The number of benzene rings is 2. The zero-order chi connectivity index (χ0) is 17.4. The molecule has 6 heteroatoms. The van der Waals surface area contributed by atoms with Crippen LogP contribution < -0.4 is 9.46 Å². The minimum Gasteiger partial charge on any atom is -0.488 e. The molecule has 1 aliphatic heterocycles. The van der Waals surface area contributed by atoms with Crippen molar-refractivity contribution in [2.45, 2.75) is 42.1 Å². The van der Waals surface area contributed by atoms with Crippen molar-refractivity contribution in [3.05, 3.63) is 48.0 Å². The first kappa shape index (κ1) is 17.2. The molecule has 3 rings (SSSR count). The highest BCUT2D eigenvalue weighted by Gasteiger charge is 2.28. The number of fused-ring (bicyclic) bond motifs is 1. The van der Waals surface area contributed by atoms with Crippen LogP contribution in [-0.4, -0.2) is 20.3 Å². The molecule has 0 aromatic heterocycles. The summed E-state index contributed by atoms with van der Waals surface area (Å²) in [5.41, 5.74) is 1.33. The molecule has 128 valence electrons. The molecule has 0 fully saturated rings. The second-order valence-corrected chi connectivity index (χ2v) is 8.97. The number of thioether (sulfide) groups is 1. The van der Waals surface area contributed by atoms with E-state index in [9.17, 15) is 8.42 Å². The molecule has 0 saturated heterocycles. The Morgan fingerprint density at radius 1 is 1.17 bits per heavy atom. The summed E-state index contributed by atoms with van der Waals surface area (Å²) in [6.07, 6.45) is 3.60. The summed E-state index contributed by atoms with van der Waals surface area (Å²) in [7, 11) is -3.63. The minimum absolute atomic E-state index is 0.205. The van der Waals surface area contributed by atoms with Crippen molar-refractivity contribution >= 4 is 27.5 Å². The maximum atomic E-state index is 12.7. The van der Waals surface area contributed by atoms with E-state index in [0.29, 0.717) is 5.69 Å².